The van der Waals surface area contributed by atoms with Crippen LogP contribution in [-0.4, -0.2) is 43.4 Å². The van der Waals surface area contributed by atoms with Gasteiger partial charge in [0.1, 0.15) is 16.9 Å². The molecule has 4 rings (SSSR count). The summed E-state index contributed by atoms with van der Waals surface area (Å²) in [6.07, 6.45) is 2.75. The maximum atomic E-state index is 15.2. The second kappa shape index (κ2) is 9.69. The summed E-state index contributed by atoms with van der Waals surface area (Å²) in [4.78, 5) is 2.07. The van der Waals surface area contributed by atoms with Gasteiger partial charge in [0.05, 0.1) is 0 Å². The molecule has 2 heterocycles. The Balaban J connectivity index is 1.51. The zero-order valence-electron chi connectivity index (χ0n) is 18.8. The van der Waals surface area contributed by atoms with Gasteiger partial charge in [-0.2, -0.15) is 4.31 Å². The number of oxime groups is 1. The van der Waals surface area contributed by atoms with Crippen molar-refractivity contribution in [2.24, 2.45) is 16.8 Å². The molecule has 0 bridgehead atoms. The summed E-state index contributed by atoms with van der Waals surface area (Å²) in [5.74, 6) is -0.144. The summed E-state index contributed by atoms with van der Waals surface area (Å²) in [6, 6.07) is 13.7. The Hall–Kier alpha value is -2.65. The monoisotopic (exact) mass is 474 g/mol. The summed E-state index contributed by atoms with van der Waals surface area (Å²) in [7, 11) is -3.62. The first-order chi connectivity index (χ1) is 15.8. The Kier molecular flexibility index (Phi) is 6.90. The lowest BCUT2D eigenvalue weighted by atomic mass is 9.95. The van der Waals surface area contributed by atoms with Crippen molar-refractivity contribution in [1.29, 1.82) is 0 Å². The topological polar surface area (TPSA) is 99.2 Å². The van der Waals surface area contributed by atoms with Gasteiger partial charge in [-0.1, -0.05) is 41.6 Å². The van der Waals surface area contributed by atoms with Crippen molar-refractivity contribution >= 4 is 21.5 Å². The van der Waals surface area contributed by atoms with Crippen molar-refractivity contribution in [2.75, 3.05) is 24.5 Å². The molecule has 3 N–H and O–H groups in total. The highest BCUT2D eigenvalue weighted by molar-refractivity contribution is 7.89. The third-order valence-electron chi connectivity index (χ3n) is 6.96. The van der Waals surface area contributed by atoms with Gasteiger partial charge in [-0.3, -0.25) is 0 Å². The molecule has 0 aliphatic carbocycles. The first-order valence-electron chi connectivity index (χ1n) is 11.4. The van der Waals surface area contributed by atoms with Crippen LogP contribution in [-0.2, 0) is 10.0 Å². The number of hydrogen-bond acceptors (Lipinski definition) is 5. The molecular weight excluding hydrogens is 443 g/mol. The van der Waals surface area contributed by atoms with Crippen LogP contribution in [0.2, 0.25) is 0 Å². The van der Waals surface area contributed by atoms with Crippen LogP contribution in [0.3, 0.4) is 0 Å². The molecule has 2 atom stereocenters. The van der Waals surface area contributed by atoms with Gasteiger partial charge in [-0.25, -0.2) is 12.8 Å². The Labute approximate surface area is 194 Å². The van der Waals surface area contributed by atoms with Crippen molar-refractivity contribution < 1.29 is 18.0 Å². The number of sulfonamides is 1. The smallest absolute Gasteiger partial charge is 0.221 e. The normalized spacial score (nSPS) is 23.4. The standard InChI is InChI=1S/C24H31FN4O3S/c1-17(29-13-5-8-23(33(29,31)32)18-6-3-2-4-7-18)21-10-9-20(16-22(21)25)28-14-11-19(12-15-28)24(26)27-30/h2-4,6-7,9-10,16-17,19,23,30H,5,8,11-15H2,1H3,(H2,26,27). The minimum absolute atomic E-state index is 0.0252. The first kappa shape index (κ1) is 23.5. The molecule has 9 heteroatoms. The summed E-state index contributed by atoms with van der Waals surface area (Å²) in [5.41, 5.74) is 7.63. The molecule has 2 unspecified atom stereocenters. The molecule has 2 aliphatic heterocycles. The summed E-state index contributed by atoms with van der Waals surface area (Å²) < 4.78 is 43.5. The predicted molar refractivity (Wildman–Crippen MR) is 127 cm³/mol. The van der Waals surface area contributed by atoms with E-state index in [0.29, 0.717) is 31.6 Å². The van der Waals surface area contributed by atoms with Gasteiger partial charge in [0.15, 0.2) is 0 Å². The summed E-state index contributed by atoms with van der Waals surface area (Å²) >= 11 is 0. The number of nitrogens with zero attached hydrogens (tertiary/aromatic N) is 3. The van der Waals surface area contributed by atoms with E-state index in [0.717, 1.165) is 30.5 Å². The fourth-order valence-electron chi connectivity index (χ4n) is 5.01. The second-order valence-corrected chi connectivity index (χ2v) is 10.9. The molecule has 2 saturated heterocycles. The molecule has 2 aromatic carbocycles. The van der Waals surface area contributed by atoms with E-state index in [1.165, 1.54) is 10.4 Å². The molecule has 2 aromatic rings. The minimum Gasteiger partial charge on any atom is -0.409 e. The van der Waals surface area contributed by atoms with E-state index < -0.39 is 27.1 Å². The highest BCUT2D eigenvalue weighted by Crippen LogP contribution is 2.39. The van der Waals surface area contributed by atoms with Gasteiger partial charge < -0.3 is 15.8 Å². The Bertz CT molecular complexity index is 1100. The molecule has 0 amide bonds. The average molecular weight is 475 g/mol. The van der Waals surface area contributed by atoms with Crippen molar-refractivity contribution in [3.8, 4) is 0 Å². The van der Waals surface area contributed by atoms with E-state index in [9.17, 15) is 8.42 Å². The van der Waals surface area contributed by atoms with E-state index in [4.69, 9.17) is 10.9 Å². The van der Waals surface area contributed by atoms with E-state index in [2.05, 4.69) is 10.1 Å². The molecule has 33 heavy (non-hydrogen) atoms. The Morgan fingerprint density at radius 3 is 2.45 bits per heavy atom. The zero-order valence-corrected chi connectivity index (χ0v) is 19.6. The zero-order chi connectivity index (χ0) is 23.6. The number of rotatable bonds is 5. The highest BCUT2D eigenvalue weighted by Gasteiger charge is 2.40. The molecule has 0 spiro atoms. The number of nitrogens with two attached hydrogens (primary N) is 1. The van der Waals surface area contributed by atoms with Gasteiger partial charge in [-0.15, -0.1) is 0 Å². The maximum Gasteiger partial charge on any atom is 0.221 e. The Morgan fingerprint density at radius 2 is 1.82 bits per heavy atom. The average Bonchev–Trinajstić information content (AvgIpc) is 2.83. The number of hydrogen-bond donors (Lipinski definition) is 2. The summed E-state index contributed by atoms with van der Waals surface area (Å²) in [5, 5.41) is 11.4. The van der Waals surface area contributed by atoms with Gasteiger partial charge in [0.2, 0.25) is 10.0 Å². The third-order valence-corrected chi connectivity index (χ3v) is 9.34. The largest absolute Gasteiger partial charge is 0.409 e. The molecule has 178 valence electrons. The van der Waals surface area contributed by atoms with Crippen LogP contribution >= 0.6 is 0 Å². The first-order valence-corrected chi connectivity index (χ1v) is 12.9. The van der Waals surface area contributed by atoms with Gasteiger partial charge in [0.25, 0.3) is 0 Å². The maximum absolute atomic E-state index is 15.2. The van der Waals surface area contributed by atoms with Crippen LogP contribution in [0.1, 0.15) is 55.0 Å². The van der Waals surface area contributed by atoms with Crippen molar-refractivity contribution in [1.82, 2.24) is 4.31 Å². The van der Waals surface area contributed by atoms with Gasteiger partial charge in [-0.05, 0) is 50.3 Å². The van der Waals surface area contributed by atoms with E-state index in [-0.39, 0.29) is 11.8 Å². The molecule has 2 aliphatic rings. The number of anilines is 1. The Morgan fingerprint density at radius 1 is 1.12 bits per heavy atom. The molecule has 0 radical (unpaired) electrons. The SMILES string of the molecule is CC(c1ccc(N2CCC(C(N)=NO)CC2)cc1F)N1CCCC(c2ccccc2)S1(=O)=O. The molecule has 2 fully saturated rings. The van der Waals surface area contributed by atoms with Crippen LogP contribution < -0.4 is 10.6 Å². The fourth-order valence-corrected chi connectivity index (χ4v) is 7.24. The van der Waals surface area contributed by atoms with Crippen LogP contribution in [0.5, 0.6) is 0 Å². The quantitative estimate of drug-likeness (QED) is 0.295. The van der Waals surface area contributed by atoms with E-state index in [1.54, 1.807) is 13.0 Å². The van der Waals surface area contributed by atoms with Crippen molar-refractivity contribution in [2.45, 2.75) is 43.9 Å². The van der Waals surface area contributed by atoms with Gasteiger partial charge in [0, 0.05) is 42.8 Å². The minimum atomic E-state index is -3.62. The van der Waals surface area contributed by atoms with Crippen LogP contribution in [0, 0.1) is 11.7 Å². The lowest BCUT2D eigenvalue weighted by molar-refractivity contribution is 0.303. The number of piperidine rings is 1. The van der Waals surface area contributed by atoms with E-state index in [1.807, 2.05) is 36.4 Å². The number of benzene rings is 2. The van der Waals surface area contributed by atoms with E-state index >= 15 is 4.39 Å². The molecule has 0 aromatic heterocycles. The molecule has 7 nitrogen and oxygen atoms in total. The lowest BCUT2D eigenvalue weighted by Crippen LogP contribution is -2.41. The molecule has 0 saturated carbocycles. The van der Waals surface area contributed by atoms with Crippen LogP contribution in [0.25, 0.3) is 0 Å². The number of halogens is 1. The van der Waals surface area contributed by atoms with Crippen molar-refractivity contribution in [3.05, 3.63) is 65.5 Å². The predicted octanol–water partition coefficient (Wildman–Crippen LogP) is 4.02. The highest BCUT2D eigenvalue weighted by atomic mass is 32.2. The van der Waals surface area contributed by atoms with Crippen LogP contribution in [0.4, 0.5) is 10.1 Å². The third kappa shape index (κ3) is 4.70. The van der Waals surface area contributed by atoms with Gasteiger partial charge >= 0.3 is 0 Å². The molecular formula is C24H31FN4O3S. The second-order valence-electron chi connectivity index (χ2n) is 8.87. The lowest BCUT2D eigenvalue weighted by Gasteiger charge is -2.37. The fraction of sp³-hybridized carbons (Fsp3) is 0.458. The van der Waals surface area contributed by atoms with Crippen LogP contribution in [0.15, 0.2) is 53.7 Å². The number of amidine groups is 1. The van der Waals surface area contributed by atoms with Crippen molar-refractivity contribution in [3.63, 3.8) is 0 Å². The summed E-state index contributed by atoms with van der Waals surface area (Å²) in [6.45, 7) is 3.49.